The van der Waals surface area contributed by atoms with Gasteiger partial charge >= 0.3 is 0 Å². The topological polar surface area (TPSA) is 92.1 Å². The van der Waals surface area contributed by atoms with Gasteiger partial charge in [0.25, 0.3) is 11.2 Å². The van der Waals surface area contributed by atoms with Gasteiger partial charge in [0.15, 0.2) is 0 Å². The van der Waals surface area contributed by atoms with E-state index in [0.717, 1.165) is 48.5 Å². The average Bonchev–Trinajstić information content (AvgIpc) is 2.69. The van der Waals surface area contributed by atoms with Gasteiger partial charge in [-0.1, -0.05) is 31.4 Å². The van der Waals surface area contributed by atoms with Crippen molar-refractivity contribution >= 4 is 5.69 Å². The normalized spacial score (nSPS) is 18.2. The number of benzene rings is 1. The Kier molecular flexibility index (Phi) is 5.03. The molecule has 1 N–H and O–H groups in total. The maximum atomic E-state index is 12.7. The number of hydrogen-bond donors (Lipinski definition) is 1. The molecular formula is C20H24N4O3. The molecule has 0 saturated heterocycles. The van der Waals surface area contributed by atoms with Crippen LogP contribution in [0.15, 0.2) is 29.1 Å². The fourth-order valence-electron chi connectivity index (χ4n) is 4.23. The quantitative estimate of drug-likeness (QED) is 0.660. The van der Waals surface area contributed by atoms with Crippen molar-refractivity contribution in [3.63, 3.8) is 0 Å². The minimum Gasteiger partial charge on any atom is -0.310 e. The third kappa shape index (κ3) is 3.93. The predicted octanol–water partition coefficient (Wildman–Crippen LogP) is 3.28. The second-order valence-electron chi connectivity index (χ2n) is 7.60. The summed E-state index contributed by atoms with van der Waals surface area (Å²) in [5.41, 5.74) is 2.63. The van der Waals surface area contributed by atoms with E-state index in [2.05, 4.69) is 9.88 Å². The van der Waals surface area contributed by atoms with E-state index in [1.807, 2.05) is 6.07 Å². The van der Waals surface area contributed by atoms with Gasteiger partial charge in [0, 0.05) is 44.1 Å². The summed E-state index contributed by atoms with van der Waals surface area (Å²) in [6.45, 7) is 1.92. The summed E-state index contributed by atoms with van der Waals surface area (Å²) in [4.78, 5) is 33.2. The Balaban J connectivity index is 1.50. The molecule has 2 heterocycles. The molecule has 1 aliphatic carbocycles. The number of non-ortho nitro benzene ring substituents is 1. The monoisotopic (exact) mass is 368 g/mol. The Morgan fingerprint density at radius 2 is 2.07 bits per heavy atom. The zero-order valence-corrected chi connectivity index (χ0v) is 15.3. The van der Waals surface area contributed by atoms with Gasteiger partial charge in [0.05, 0.1) is 16.2 Å². The van der Waals surface area contributed by atoms with Gasteiger partial charge < -0.3 is 4.98 Å². The molecule has 7 nitrogen and oxygen atoms in total. The van der Waals surface area contributed by atoms with E-state index in [9.17, 15) is 14.9 Å². The third-order valence-corrected chi connectivity index (χ3v) is 5.69. The summed E-state index contributed by atoms with van der Waals surface area (Å²) in [6.07, 6.45) is 6.67. The molecule has 1 saturated carbocycles. The first kappa shape index (κ1) is 17.9. The number of nitrogens with zero attached hydrogens (tertiary/aromatic N) is 3. The highest BCUT2D eigenvalue weighted by Gasteiger charge is 2.24. The molecule has 2 aliphatic rings. The van der Waals surface area contributed by atoms with Gasteiger partial charge in [0.1, 0.15) is 5.82 Å². The second kappa shape index (κ2) is 7.60. The van der Waals surface area contributed by atoms with Crippen molar-refractivity contribution in [3.05, 3.63) is 67.4 Å². The minimum atomic E-state index is -0.379. The number of H-pyrrole nitrogens is 1. The molecule has 2 aromatic rings. The molecule has 1 aromatic carbocycles. The lowest BCUT2D eigenvalue weighted by Crippen LogP contribution is -2.36. The SMILES string of the molecule is O=c1[nH]c(C2CCCCC2)nc2c1CN(Cc1cccc([N+](=O)[O-])c1)CC2. The van der Waals surface area contributed by atoms with Crippen LogP contribution in [-0.4, -0.2) is 26.3 Å². The van der Waals surface area contributed by atoms with Crippen LogP contribution in [0.25, 0.3) is 0 Å². The van der Waals surface area contributed by atoms with E-state index < -0.39 is 0 Å². The van der Waals surface area contributed by atoms with Crippen LogP contribution in [0.5, 0.6) is 0 Å². The highest BCUT2D eigenvalue weighted by Crippen LogP contribution is 2.30. The van der Waals surface area contributed by atoms with Crippen molar-refractivity contribution in [2.45, 2.75) is 57.5 Å². The molecule has 0 atom stereocenters. The van der Waals surface area contributed by atoms with Crippen molar-refractivity contribution < 1.29 is 4.92 Å². The fraction of sp³-hybridized carbons (Fsp3) is 0.500. The van der Waals surface area contributed by atoms with Crippen LogP contribution >= 0.6 is 0 Å². The van der Waals surface area contributed by atoms with Crippen molar-refractivity contribution in [2.24, 2.45) is 0 Å². The molecule has 7 heteroatoms. The summed E-state index contributed by atoms with van der Waals surface area (Å²) in [6, 6.07) is 6.69. The average molecular weight is 368 g/mol. The maximum Gasteiger partial charge on any atom is 0.269 e. The van der Waals surface area contributed by atoms with Gasteiger partial charge in [-0.2, -0.15) is 0 Å². The molecule has 0 radical (unpaired) electrons. The Morgan fingerprint density at radius 3 is 2.85 bits per heavy atom. The number of nitro groups is 1. The molecule has 0 unspecified atom stereocenters. The van der Waals surface area contributed by atoms with Crippen molar-refractivity contribution in [3.8, 4) is 0 Å². The second-order valence-corrected chi connectivity index (χ2v) is 7.60. The van der Waals surface area contributed by atoms with Gasteiger partial charge in [0.2, 0.25) is 0 Å². The minimum absolute atomic E-state index is 0.0238. The molecule has 0 spiro atoms. The number of hydrogen-bond acceptors (Lipinski definition) is 5. The van der Waals surface area contributed by atoms with E-state index in [-0.39, 0.29) is 16.2 Å². The van der Waals surface area contributed by atoms with Crippen molar-refractivity contribution in [1.82, 2.24) is 14.9 Å². The number of aromatic amines is 1. The molecule has 1 fully saturated rings. The Bertz CT molecular complexity index is 902. The zero-order chi connectivity index (χ0) is 18.8. The first-order chi connectivity index (χ1) is 13.1. The Morgan fingerprint density at radius 1 is 1.26 bits per heavy atom. The molecule has 4 rings (SSSR count). The van der Waals surface area contributed by atoms with E-state index in [1.165, 1.54) is 25.3 Å². The summed E-state index contributed by atoms with van der Waals surface area (Å²) < 4.78 is 0. The largest absolute Gasteiger partial charge is 0.310 e. The summed E-state index contributed by atoms with van der Waals surface area (Å²) >= 11 is 0. The van der Waals surface area contributed by atoms with E-state index >= 15 is 0 Å². The number of rotatable bonds is 4. The molecule has 0 amide bonds. The van der Waals surface area contributed by atoms with Gasteiger partial charge in [-0.25, -0.2) is 4.98 Å². The van der Waals surface area contributed by atoms with E-state index in [1.54, 1.807) is 12.1 Å². The van der Waals surface area contributed by atoms with Crippen LogP contribution in [0.3, 0.4) is 0 Å². The van der Waals surface area contributed by atoms with Crippen LogP contribution in [-0.2, 0) is 19.5 Å². The fourth-order valence-corrected chi connectivity index (χ4v) is 4.23. The zero-order valence-electron chi connectivity index (χ0n) is 15.3. The Labute approximate surface area is 157 Å². The van der Waals surface area contributed by atoms with Crippen molar-refractivity contribution in [1.29, 1.82) is 0 Å². The van der Waals surface area contributed by atoms with Crippen LogP contribution in [0.2, 0.25) is 0 Å². The van der Waals surface area contributed by atoms with Crippen LogP contribution in [0.1, 0.15) is 60.7 Å². The van der Waals surface area contributed by atoms with Crippen LogP contribution in [0, 0.1) is 10.1 Å². The third-order valence-electron chi connectivity index (χ3n) is 5.69. The smallest absolute Gasteiger partial charge is 0.269 e. The first-order valence-electron chi connectivity index (χ1n) is 9.68. The summed E-state index contributed by atoms with van der Waals surface area (Å²) in [5.74, 6) is 1.25. The lowest BCUT2D eigenvalue weighted by molar-refractivity contribution is -0.384. The number of nitro benzene ring substituents is 1. The predicted molar refractivity (Wildman–Crippen MR) is 102 cm³/mol. The standard InChI is InChI=1S/C20H24N4O3/c25-20-17-13-23(12-14-5-4-8-16(11-14)24(26)27)10-9-18(17)21-19(22-20)15-6-2-1-3-7-15/h4-5,8,11,15H,1-3,6-7,9-10,12-13H2,(H,21,22,25). The molecule has 1 aromatic heterocycles. The van der Waals surface area contributed by atoms with Gasteiger partial charge in [-0.15, -0.1) is 0 Å². The van der Waals surface area contributed by atoms with Crippen LogP contribution in [0.4, 0.5) is 5.69 Å². The van der Waals surface area contributed by atoms with Crippen molar-refractivity contribution in [2.75, 3.05) is 6.54 Å². The summed E-state index contributed by atoms with van der Waals surface area (Å²) in [7, 11) is 0. The first-order valence-corrected chi connectivity index (χ1v) is 9.68. The molecular weight excluding hydrogens is 344 g/mol. The van der Waals surface area contributed by atoms with Gasteiger partial charge in [-0.05, 0) is 18.4 Å². The number of fused-ring (bicyclic) bond motifs is 1. The molecule has 0 bridgehead atoms. The molecule has 142 valence electrons. The number of aromatic nitrogens is 2. The lowest BCUT2D eigenvalue weighted by atomic mass is 9.88. The lowest BCUT2D eigenvalue weighted by Gasteiger charge is -2.28. The van der Waals surface area contributed by atoms with E-state index in [0.29, 0.717) is 19.0 Å². The van der Waals surface area contributed by atoms with E-state index in [4.69, 9.17) is 4.98 Å². The Hall–Kier alpha value is -2.54. The van der Waals surface area contributed by atoms with Gasteiger partial charge in [-0.3, -0.25) is 19.8 Å². The highest BCUT2D eigenvalue weighted by atomic mass is 16.6. The molecule has 1 aliphatic heterocycles. The number of nitrogens with one attached hydrogen (secondary N) is 1. The summed E-state index contributed by atoms with van der Waals surface area (Å²) in [5, 5.41) is 11.0. The molecule has 27 heavy (non-hydrogen) atoms. The highest BCUT2D eigenvalue weighted by molar-refractivity contribution is 5.34. The maximum absolute atomic E-state index is 12.7. The van der Waals surface area contributed by atoms with Crippen LogP contribution < -0.4 is 5.56 Å².